The molecule has 0 aromatic heterocycles. The van der Waals surface area contributed by atoms with E-state index in [1.807, 2.05) is 13.8 Å². The van der Waals surface area contributed by atoms with Crippen LogP contribution in [0.25, 0.3) is 0 Å². The number of aliphatic hydroxyl groups is 1. The van der Waals surface area contributed by atoms with Gasteiger partial charge in [0, 0.05) is 30.5 Å². The van der Waals surface area contributed by atoms with Crippen molar-refractivity contribution in [2.45, 2.75) is 51.9 Å². The number of fused-ring (bicyclic) bond motifs is 1. The van der Waals surface area contributed by atoms with E-state index in [1.165, 1.54) is 0 Å². The van der Waals surface area contributed by atoms with Gasteiger partial charge in [0.1, 0.15) is 0 Å². The second-order valence-electron chi connectivity index (χ2n) is 6.24. The average molecular weight is 213 g/mol. The topological polar surface area (TPSA) is 41.5 Å². The van der Waals surface area contributed by atoms with E-state index < -0.39 is 5.60 Å². The van der Waals surface area contributed by atoms with Crippen molar-refractivity contribution in [2.24, 2.45) is 11.3 Å². The van der Waals surface area contributed by atoms with Crippen LogP contribution in [0.2, 0.25) is 0 Å². The Kier molecular flexibility index (Phi) is 2.61. The summed E-state index contributed by atoms with van der Waals surface area (Å²) in [5.41, 5.74) is -0.410. The third-order valence-electron chi connectivity index (χ3n) is 3.86. The molecule has 88 valence electrons. The van der Waals surface area contributed by atoms with Gasteiger partial charge < -0.3 is 15.2 Å². The van der Waals surface area contributed by atoms with Crippen molar-refractivity contribution < 1.29 is 9.84 Å². The van der Waals surface area contributed by atoms with Gasteiger partial charge in [-0.25, -0.2) is 0 Å². The molecule has 3 unspecified atom stereocenters. The van der Waals surface area contributed by atoms with Gasteiger partial charge in [-0.3, -0.25) is 0 Å². The molecule has 0 radical (unpaired) electrons. The molecule has 0 aromatic carbocycles. The van der Waals surface area contributed by atoms with Crippen LogP contribution in [0.5, 0.6) is 0 Å². The van der Waals surface area contributed by atoms with Gasteiger partial charge in [-0.05, 0) is 20.3 Å². The average Bonchev–Trinajstić information content (AvgIpc) is 2.47. The Balaban J connectivity index is 1.93. The lowest BCUT2D eigenvalue weighted by Gasteiger charge is -2.55. The first-order chi connectivity index (χ1) is 6.82. The summed E-state index contributed by atoms with van der Waals surface area (Å²) >= 11 is 0. The van der Waals surface area contributed by atoms with Crippen molar-refractivity contribution in [2.75, 3.05) is 13.2 Å². The summed E-state index contributed by atoms with van der Waals surface area (Å²) in [5.74, 6) is 0.655. The lowest BCUT2D eigenvalue weighted by molar-refractivity contribution is -0.116. The number of rotatable bonds is 3. The molecular weight excluding hydrogens is 190 g/mol. The van der Waals surface area contributed by atoms with Gasteiger partial charge in [-0.2, -0.15) is 0 Å². The van der Waals surface area contributed by atoms with Crippen LogP contribution in [0.3, 0.4) is 0 Å². The Bertz CT molecular complexity index is 244. The Hall–Kier alpha value is -0.120. The first kappa shape index (κ1) is 11.4. The van der Waals surface area contributed by atoms with Crippen LogP contribution in [-0.4, -0.2) is 36.0 Å². The van der Waals surface area contributed by atoms with Crippen molar-refractivity contribution in [1.29, 1.82) is 0 Å². The van der Waals surface area contributed by atoms with Crippen molar-refractivity contribution in [3.8, 4) is 0 Å². The van der Waals surface area contributed by atoms with Gasteiger partial charge in [0.05, 0.1) is 11.7 Å². The van der Waals surface area contributed by atoms with Gasteiger partial charge in [0.2, 0.25) is 0 Å². The van der Waals surface area contributed by atoms with Crippen LogP contribution in [0.1, 0.15) is 34.1 Å². The second kappa shape index (κ2) is 3.44. The standard InChI is InChI=1S/C12H23NO2/c1-11(2,14)7-13-9-8-5-6-15-10(8)12(9,3)4/h8-10,13-14H,5-7H2,1-4H3. The van der Waals surface area contributed by atoms with Gasteiger partial charge in [0.15, 0.2) is 0 Å². The van der Waals surface area contributed by atoms with E-state index in [0.717, 1.165) is 13.0 Å². The predicted octanol–water partition coefficient (Wildman–Crippen LogP) is 1.16. The molecule has 3 heteroatoms. The zero-order chi connectivity index (χ0) is 11.3. The van der Waals surface area contributed by atoms with E-state index in [4.69, 9.17) is 4.74 Å². The quantitative estimate of drug-likeness (QED) is 0.739. The first-order valence-electron chi connectivity index (χ1n) is 5.90. The maximum atomic E-state index is 9.70. The molecule has 0 amide bonds. The fourth-order valence-corrected chi connectivity index (χ4v) is 3.10. The molecule has 2 rings (SSSR count). The Morgan fingerprint density at radius 3 is 2.73 bits per heavy atom. The fourth-order valence-electron chi connectivity index (χ4n) is 3.10. The minimum absolute atomic E-state index is 0.215. The van der Waals surface area contributed by atoms with Crippen molar-refractivity contribution in [1.82, 2.24) is 5.32 Å². The van der Waals surface area contributed by atoms with Crippen LogP contribution in [0, 0.1) is 11.3 Å². The molecule has 3 atom stereocenters. The summed E-state index contributed by atoms with van der Waals surface area (Å²) in [6.45, 7) is 9.75. The van der Waals surface area contributed by atoms with E-state index in [9.17, 15) is 5.11 Å². The number of nitrogens with one attached hydrogen (secondary N) is 1. The summed E-state index contributed by atoms with van der Waals surface area (Å²) in [7, 11) is 0. The number of hydrogen-bond acceptors (Lipinski definition) is 3. The molecule has 1 saturated heterocycles. The van der Waals surface area contributed by atoms with Gasteiger partial charge in [-0.1, -0.05) is 13.8 Å². The lowest BCUT2D eigenvalue weighted by Crippen LogP contribution is -2.66. The molecule has 2 fully saturated rings. The summed E-state index contributed by atoms with van der Waals surface area (Å²) in [6, 6.07) is 0.497. The molecule has 0 aromatic rings. The molecule has 1 aliphatic carbocycles. The molecule has 1 saturated carbocycles. The molecule has 2 N–H and O–H groups in total. The monoisotopic (exact) mass is 213 g/mol. The molecule has 1 heterocycles. The largest absolute Gasteiger partial charge is 0.389 e. The highest BCUT2D eigenvalue weighted by atomic mass is 16.5. The van der Waals surface area contributed by atoms with Crippen molar-refractivity contribution in [3.05, 3.63) is 0 Å². The maximum Gasteiger partial charge on any atom is 0.0715 e. The zero-order valence-electron chi connectivity index (χ0n) is 10.2. The molecule has 3 nitrogen and oxygen atoms in total. The molecule has 1 aliphatic heterocycles. The SMILES string of the molecule is CC(C)(O)CNC1C2CCOC2C1(C)C. The zero-order valence-corrected chi connectivity index (χ0v) is 10.2. The molecule has 2 aliphatic rings. The van der Waals surface area contributed by atoms with Crippen LogP contribution < -0.4 is 5.32 Å². The van der Waals surface area contributed by atoms with E-state index in [2.05, 4.69) is 19.2 Å². The fraction of sp³-hybridized carbons (Fsp3) is 1.00. The Labute approximate surface area is 92.2 Å². The predicted molar refractivity (Wildman–Crippen MR) is 59.7 cm³/mol. The lowest BCUT2D eigenvalue weighted by atomic mass is 9.57. The van der Waals surface area contributed by atoms with Crippen molar-refractivity contribution >= 4 is 0 Å². The summed E-state index contributed by atoms with van der Waals surface area (Å²) in [6.07, 6.45) is 1.59. The normalized spacial score (nSPS) is 38.6. The summed E-state index contributed by atoms with van der Waals surface area (Å²) in [5, 5.41) is 13.2. The second-order valence-corrected chi connectivity index (χ2v) is 6.24. The summed E-state index contributed by atoms with van der Waals surface area (Å²) in [4.78, 5) is 0. The third kappa shape index (κ3) is 1.93. The minimum atomic E-state index is -0.624. The Morgan fingerprint density at radius 1 is 1.47 bits per heavy atom. The Morgan fingerprint density at radius 2 is 2.13 bits per heavy atom. The smallest absolute Gasteiger partial charge is 0.0715 e. The maximum absolute atomic E-state index is 9.70. The van der Waals surface area contributed by atoms with E-state index in [1.54, 1.807) is 0 Å². The highest BCUT2D eigenvalue weighted by Crippen LogP contribution is 2.52. The highest BCUT2D eigenvalue weighted by Gasteiger charge is 2.59. The molecular formula is C12H23NO2. The van der Waals surface area contributed by atoms with Gasteiger partial charge in [-0.15, -0.1) is 0 Å². The highest BCUT2D eigenvalue weighted by molar-refractivity contribution is 5.11. The minimum Gasteiger partial charge on any atom is -0.389 e. The first-order valence-corrected chi connectivity index (χ1v) is 5.90. The molecule has 15 heavy (non-hydrogen) atoms. The van der Waals surface area contributed by atoms with E-state index in [0.29, 0.717) is 24.6 Å². The van der Waals surface area contributed by atoms with E-state index in [-0.39, 0.29) is 5.41 Å². The molecule has 0 spiro atoms. The van der Waals surface area contributed by atoms with Gasteiger partial charge in [0.25, 0.3) is 0 Å². The third-order valence-corrected chi connectivity index (χ3v) is 3.86. The molecule has 0 bridgehead atoms. The van der Waals surface area contributed by atoms with Crippen LogP contribution in [0.15, 0.2) is 0 Å². The van der Waals surface area contributed by atoms with Crippen LogP contribution in [0.4, 0.5) is 0 Å². The van der Waals surface area contributed by atoms with Crippen LogP contribution in [-0.2, 0) is 4.74 Å². The number of hydrogen-bond donors (Lipinski definition) is 2. The summed E-state index contributed by atoms with van der Waals surface area (Å²) < 4.78 is 5.73. The van der Waals surface area contributed by atoms with Crippen molar-refractivity contribution in [3.63, 3.8) is 0 Å². The van der Waals surface area contributed by atoms with E-state index >= 15 is 0 Å². The van der Waals surface area contributed by atoms with Crippen LogP contribution >= 0.6 is 0 Å². The van der Waals surface area contributed by atoms with Gasteiger partial charge >= 0.3 is 0 Å². The number of ether oxygens (including phenoxy) is 1.